The molecular formula is C22H30ClN3O4. The SMILES string of the molecule is CCC1(C)C(c2ccc(OC)c(OC)c2)=NN(C2CCN(C(=O)CCl)CC2)C1C=O. The molecular weight excluding hydrogens is 406 g/mol. The number of benzene rings is 1. The zero-order valence-corrected chi connectivity index (χ0v) is 18.8. The Bertz CT molecular complexity index is 823. The Labute approximate surface area is 182 Å². The van der Waals surface area contributed by atoms with Gasteiger partial charge in [-0.25, -0.2) is 0 Å². The second-order valence-electron chi connectivity index (χ2n) is 8.00. The molecule has 0 aromatic heterocycles. The highest BCUT2D eigenvalue weighted by Gasteiger charge is 2.49. The van der Waals surface area contributed by atoms with Gasteiger partial charge in [-0.05, 0) is 37.5 Å². The summed E-state index contributed by atoms with van der Waals surface area (Å²) in [5.41, 5.74) is 1.37. The molecule has 0 radical (unpaired) electrons. The van der Waals surface area contributed by atoms with Crippen LogP contribution in [0, 0.1) is 5.41 Å². The average molecular weight is 436 g/mol. The number of hydrogen-bond acceptors (Lipinski definition) is 6. The molecule has 1 saturated heterocycles. The summed E-state index contributed by atoms with van der Waals surface area (Å²) in [5.74, 6) is 1.24. The van der Waals surface area contributed by atoms with Crippen LogP contribution in [0.4, 0.5) is 0 Å². The number of alkyl halides is 1. The van der Waals surface area contributed by atoms with Gasteiger partial charge in [-0.15, -0.1) is 11.6 Å². The van der Waals surface area contributed by atoms with E-state index in [1.54, 1.807) is 19.1 Å². The number of ether oxygens (including phenoxy) is 2. The summed E-state index contributed by atoms with van der Waals surface area (Å²) in [6, 6.07) is 5.48. The van der Waals surface area contributed by atoms with Gasteiger partial charge in [0.2, 0.25) is 5.91 Å². The van der Waals surface area contributed by atoms with Gasteiger partial charge in [0.15, 0.2) is 11.5 Å². The van der Waals surface area contributed by atoms with Crippen LogP contribution in [-0.4, -0.2) is 73.1 Å². The molecule has 1 aromatic rings. The van der Waals surface area contributed by atoms with Gasteiger partial charge in [0, 0.05) is 24.1 Å². The summed E-state index contributed by atoms with van der Waals surface area (Å²) in [7, 11) is 3.21. The molecule has 1 amide bonds. The minimum absolute atomic E-state index is 0.000846. The third kappa shape index (κ3) is 3.87. The number of hydrazone groups is 1. The van der Waals surface area contributed by atoms with Crippen LogP contribution in [0.3, 0.4) is 0 Å². The van der Waals surface area contributed by atoms with Crippen molar-refractivity contribution in [1.29, 1.82) is 0 Å². The standard InChI is InChI=1S/C22H30ClN3O4/c1-5-22(2)19(14-27)26(16-8-10-25(11-9-16)20(28)13-23)24-21(22)15-6-7-17(29-3)18(12-15)30-4/h6-7,12,14,16,19H,5,8-11,13H2,1-4H3. The molecule has 0 aliphatic carbocycles. The summed E-state index contributed by atoms with van der Waals surface area (Å²) in [4.78, 5) is 25.9. The summed E-state index contributed by atoms with van der Waals surface area (Å²) in [6.07, 6.45) is 3.30. The Morgan fingerprint density at radius 3 is 2.47 bits per heavy atom. The minimum Gasteiger partial charge on any atom is -0.493 e. The highest BCUT2D eigenvalue weighted by molar-refractivity contribution is 6.27. The largest absolute Gasteiger partial charge is 0.493 e. The second-order valence-corrected chi connectivity index (χ2v) is 8.26. The Morgan fingerprint density at radius 1 is 1.27 bits per heavy atom. The predicted molar refractivity (Wildman–Crippen MR) is 116 cm³/mol. The Morgan fingerprint density at radius 2 is 1.93 bits per heavy atom. The Hall–Kier alpha value is -2.28. The van der Waals surface area contributed by atoms with Gasteiger partial charge in [-0.1, -0.05) is 13.8 Å². The maximum Gasteiger partial charge on any atom is 0.237 e. The lowest BCUT2D eigenvalue weighted by atomic mass is 9.74. The van der Waals surface area contributed by atoms with Gasteiger partial charge in [-0.3, -0.25) is 9.80 Å². The van der Waals surface area contributed by atoms with Crippen molar-refractivity contribution in [3.8, 4) is 11.5 Å². The van der Waals surface area contributed by atoms with E-state index in [0.717, 1.165) is 36.8 Å². The normalized spacial score (nSPS) is 24.6. The number of methoxy groups -OCH3 is 2. The summed E-state index contributed by atoms with van der Waals surface area (Å²) in [5, 5.41) is 6.94. The first-order chi connectivity index (χ1) is 14.4. The molecule has 0 spiro atoms. The van der Waals surface area contributed by atoms with Gasteiger partial charge < -0.3 is 19.2 Å². The molecule has 1 fully saturated rings. The highest BCUT2D eigenvalue weighted by atomic mass is 35.5. The molecule has 2 aliphatic rings. The second kappa shape index (κ2) is 9.25. The molecule has 0 bridgehead atoms. The van der Waals surface area contributed by atoms with Crippen LogP contribution in [0.5, 0.6) is 11.5 Å². The van der Waals surface area contributed by atoms with Crippen LogP contribution in [0.2, 0.25) is 0 Å². The molecule has 0 N–H and O–H groups in total. The smallest absolute Gasteiger partial charge is 0.237 e. The van der Waals surface area contributed by atoms with Crippen molar-refractivity contribution >= 4 is 29.5 Å². The van der Waals surface area contributed by atoms with Gasteiger partial charge in [0.25, 0.3) is 0 Å². The van der Waals surface area contributed by atoms with E-state index in [0.29, 0.717) is 24.6 Å². The topological polar surface area (TPSA) is 71.4 Å². The first kappa shape index (κ1) is 22.4. The van der Waals surface area contributed by atoms with E-state index in [1.165, 1.54) is 0 Å². The number of carbonyl (C=O) groups is 2. The molecule has 0 saturated carbocycles. The van der Waals surface area contributed by atoms with Crippen LogP contribution in [0.15, 0.2) is 23.3 Å². The lowest BCUT2D eigenvalue weighted by Crippen LogP contribution is -2.51. The number of hydrogen-bond donors (Lipinski definition) is 0. The van der Waals surface area contributed by atoms with Crippen molar-refractivity contribution in [1.82, 2.24) is 9.91 Å². The number of piperidine rings is 1. The Kier molecular flexibility index (Phi) is 6.91. The van der Waals surface area contributed by atoms with Crippen LogP contribution >= 0.6 is 11.6 Å². The fourth-order valence-electron chi connectivity index (χ4n) is 4.46. The van der Waals surface area contributed by atoms with E-state index in [1.807, 2.05) is 23.2 Å². The predicted octanol–water partition coefficient (Wildman–Crippen LogP) is 2.94. The molecule has 8 heteroatoms. The van der Waals surface area contributed by atoms with E-state index >= 15 is 0 Å². The van der Waals surface area contributed by atoms with Crippen molar-refractivity contribution in [3.63, 3.8) is 0 Å². The molecule has 2 aliphatic heterocycles. The lowest BCUT2D eigenvalue weighted by Gasteiger charge is -2.39. The van der Waals surface area contributed by atoms with Crippen LogP contribution in [-0.2, 0) is 9.59 Å². The average Bonchev–Trinajstić information content (AvgIpc) is 3.10. The van der Waals surface area contributed by atoms with E-state index in [-0.39, 0.29) is 23.9 Å². The number of amides is 1. The lowest BCUT2D eigenvalue weighted by molar-refractivity contribution is -0.130. The fraction of sp³-hybridized carbons (Fsp3) is 0.591. The molecule has 2 heterocycles. The van der Waals surface area contributed by atoms with Gasteiger partial charge >= 0.3 is 0 Å². The quantitative estimate of drug-likeness (QED) is 0.486. The molecule has 164 valence electrons. The van der Waals surface area contributed by atoms with Gasteiger partial charge in [0.05, 0.1) is 26.0 Å². The molecule has 30 heavy (non-hydrogen) atoms. The van der Waals surface area contributed by atoms with E-state index in [2.05, 4.69) is 13.8 Å². The van der Waals surface area contributed by atoms with Gasteiger partial charge in [0.1, 0.15) is 18.2 Å². The summed E-state index contributed by atoms with van der Waals surface area (Å²) >= 11 is 5.69. The number of aldehydes is 1. The van der Waals surface area contributed by atoms with Crippen molar-refractivity contribution in [3.05, 3.63) is 23.8 Å². The summed E-state index contributed by atoms with van der Waals surface area (Å²) < 4.78 is 10.8. The van der Waals surface area contributed by atoms with Crippen molar-refractivity contribution < 1.29 is 19.1 Å². The Balaban J connectivity index is 1.93. The molecule has 2 atom stereocenters. The maximum atomic E-state index is 12.2. The fourth-order valence-corrected chi connectivity index (χ4v) is 4.63. The van der Waals surface area contributed by atoms with Crippen LogP contribution in [0.1, 0.15) is 38.7 Å². The zero-order chi connectivity index (χ0) is 21.9. The molecule has 2 unspecified atom stereocenters. The molecule has 3 rings (SSSR count). The number of nitrogens with zero attached hydrogens (tertiary/aromatic N) is 3. The third-order valence-corrected chi connectivity index (χ3v) is 6.75. The minimum atomic E-state index is -0.426. The molecule has 1 aromatic carbocycles. The van der Waals surface area contributed by atoms with Crippen molar-refractivity contribution in [2.24, 2.45) is 10.5 Å². The van der Waals surface area contributed by atoms with Crippen LogP contribution in [0.25, 0.3) is 0 Å². The third-order valence-electron chi connectivity index (χ3n) is 6.52. The molecule has 7 nitrogen and oxygen atoms in total. The van der Waals surface area contributed by atoms with Crippen molar-refractivity contribution in [2.45, 2.75) is 45.2 Å². The monoisotopic (exact) mass is 435 g/mol. The van der Waals surface area contributed by atoms with Crippen molar-refractivity contribution in [2.75, 3.05) is 33.2 Å². The first-order valence-electron chi connectivity index (χ1n) is 10.3. The zero-order valence-electron chi connectivity index (χ0n) is 18.1. The van der Waals surface area contributed by atoms with Gasteiger partial charge in [-0.2, -0.15) is 5.10 Å². The first-order valence-corrected chi connectivity index (χ1v) is 10.9. The van der Waals surface area contributed by atoms with Crippen LogP contribution < -0.4 is 9.47 Å². The number of likely N-dealkylation sites (tertiary alicyclic amines) is 1. The maximum absolute atomic E-state index is 12.2. The summed E-state index contributed by atoms with van der Waals surface area (Å²) in [6.45, 7) is 5.43. The van der Waals surface area contributed by atoms with E-state index in [9.17, 15) is 9.59 Å². The number of halogens is 1. The highest BCUT2D eigenvalue weighted by Crippen LogP contribution is 2.42. The van der Waals surface area contributed by atoms with E-state index in [4.69, 9.17) is 26.2 Å². The number of carbonyl (C=O) groups excluding carboxylic acids is 2. The number of rotatable bonds is 7. The van der Waals surface area contributed by atoms with E-state index < -0.39 is 5.41 Å².